The average Bonchev–Trinajstić information content (AvgIpc) is 3.95. The Bertz CT molecular complexity index is 1750. The summed E-state index contributed by atoms with van der Waals surface area (Å²) in [7, 11) is 0. The van der Waals surface area contributed by atoms with Crippen molar-refractivity contribution < 1.29 is 13.9 Å². The Morgan fingerprint density at radius 2 is 2.11 bits per heavy atom. The van der Waals surface area contributed by atoms with Crippen LogP contribution >= 0.6 is 11.6 Å². The minimum atomic E-state index is -0.754. The van der Waals surface area contributed by atoms with Crippen LogP contribution in [0.15, 0.2) is 12.3 Å². The standard InChI is InChI=1S/C33H39ClFN7O2.C2H6/c34-24-10-25-22(14-38-41-25)27-26(24)21-9-19(21)16-43-8-4-18-3-1-7-42(15-18)31-23-13-37-30(27)28(35)29(23)39-32(40-31)44-17-33-5-2-6-36-12-20(33)11-33;1-2/h10,13-14,18-21,30,36-37H,1-9,11-12,15-17H2,(H,38,41);1-2H3. The van der Waals surface area contributed by atoms with Crippen molar-refractivity contribution in [1.82, 2.24) is 30.8 Å². The zero-order valence-electron chi connectivity index (χ0n) is 26.9. The molecule has 3 aromatic rings. The summed E-state index contributed by atoms with van der Waals surface area (Å²) >= 11 is 6.97. The number of aromatic amines is 1. The minimum absolute atomic E-state index is 0.175. The Kier molecular flexibility index (Phi) is 8.09. The molecule has 6 unspecified atom stereocenters. The summed E-state index contributed by atoms with van der Waals surface area (Å²) in [6.07, 6.45) is 11.3. The van der Waals surface area contributed by atoms with Crippen molar-refractivity contribution in [1.29, 1.82) is 0 Å². The molecule has 0 radical (unpaired) electrons. The molecule has 0 spiro atoms. The molecule has 2 saturated heterocycles. The van der Waals surface area contributed by atoms with Crippen molar-refractivity contribution in [2.75, 3.05) is 50.9 Å². The quantitative estimate of drug-likeness (QED) is 0.376. The van der Waals surface area contributed by atoms with E-state index >= 15 is 4.39 Å². The number of anilines is 1. The lowest BCUT2D eigenvalue weighted by Crippen LogP contribution is -2.47. The summed E-state index contributed by atoms with van der Waals surface area (Å²) in [5, 5.41) is 16.8. The number of aromatic nitrogens is 4. The van der Waals surface area contributed by atoms with Gasteiger partial charge in [0, 0.05) is 48.3 Å². The van der Waals surface area contributed by atoms with Crippen molar-refractivity contribution >= 4 is 40.3 Å². The molecular formula is C35H45ClFN7O2. The van der Waals surface area contributed by atoms with Gasteiger partial charge in [-0.25, -0.2) is 4.39 Å². The highest BCUT2D eigenvalue weighted by Gasteiger charge is 2.54. The second-order valence-corrected chi connectivity index (χ2v) is 14.4. The zero-order valence-corrected chi connectivity index (χ0v) is 27.6. The van der Waals surface area contributed by atoms with Gasteiger partial charge in [0.15, 0.2) is 5.83 Å². The Labute approximate surface area is 274 Å². The van der Waals surface area contributed by atoms with Crippen LogP contribution in [0, 0.1) is 23.2 Å². The molecule has 246 valence electrons. The first-order valence-corrected chi connectivity index (χ1v) is 17.8. The number of H-pyrrole nitrogens is 1. The van der Waals surface area contributed by atoms with Crippen LogP contribution < -0.4 is 30.8 Å². The van der Waals surface area contributed by atoms with Crippen molar-refractivity contribution in [3.63, 3.8) is 0 Å². The van der Waals surface area contributed by atoms with Crippen LogP contribution in [-0.4, -0.2) is 66.2 Å². The van der Waals surface area contributed by atoms with E-state index in [0.717, 1.165) is 106 Å². The topological polar surface area (TPSA) is 100 Å². The molecule has 46 heavy (non-hydrogen) atoms. The predicted molar refractivity (Wildman–Crippen MR) is 178 cm³/mol. The van der Waals surface area contributed by atoms with Crippen molar-refractivity contribution in [2.45, 2.75) is 70.8 Å². The lowest BCUT2D eigenvalue weighted by molar-refractivity contribution is 0.107. The van der Waals surface area contributed by atoms with Crippen molar-refractivity contribution in [3.05, 3.63) is 39.0 Å². The molecule has 6 atom stereocenters. The highest BCUT2D eigenvalue weighted by molar-refractivity contribution is 6.32. The molecule has 6 bridgehead atoms. The summed E-state index contributed by atoms with van der Waals surface area (Å²) in [6.45, 7) is 9.84. The molecular weight excluding hydrogens is 605 g/mol. The molecule has 0 amide bonds. The highest BCUT2D eigenvalue weighted by Crippen LogP contribution is 2.56. The van der Waals surface area contributed by atoms with Crippen LogP contribution in [0.2, 0.25) is 5.02 Å². The lowest BCUT2D eigenvalue weighted by atomic mass is 9.91. The second-order valence-electron chi connectivity index (χ2n) is 14.0. The Hall–Kier alpha value is -2.95. The van der Waals surface area contributed by atoms with Crippen LogP contribution in [0.3, 0.4) is 0 Å². The summed E-state index contributed by atoms with van der Waals surface area (Å²) in [5.41, 5.74) is 2.78. The molecule has 7 heterocycles. The predicted octanol–water partition coefficient (Wildman–Crippen LogP) is 4.70. The molecule has 11 heteroatoms. The van der Waals surface area contributed by atoms with Crippen LogP contribution in [0.25, 0.3) is 22.9 Å². The van der Waals surface area contributed by atoms with Gasteiger partial charge in [-0.15, -0.1) is 0 Å². The number of benzene rings is 1. The van der Waals surface area contributed by atoms with Crippen molar-refractivity contribution in [3.8, 4) is 6.01 Å². The zero-order chi connectivity index (χ0) is 31.4. The largest absolute Gasteiger partial charge is 0.463 e. The highest BCUT2D eigenvalue weighted by atomic mass is 35.5. The normalized spacial score (nSPS) is 31.3. The number of ether oxygens (including phenoxy) is 2. The molecule has 9 nitrogen and oxygen atoms in total. The average molecular weight is 650 g/mol. The van der Waals surface area contributed by atoms with Gasteiger partial charge in [0.05, 0.1) is 23.5 Å². The molecule has 7 aliphatic rings. The third-order valence-electron chi connectivity index (χ3n) is 11.2. The fourth-order valence-corrected chi connectivity index (χ4v) is 8.87. The van der Waals surface area contributed by atoms with Gasteiger partial charge in [0.1, 0.15) is 17.2 Å². The smallest absolute Gasteiger partial charge is 0.319 e. The number of piperidine rings is 1. The third kappa shape index (κ3) is 5.34. The fourth-order valence-electron chi connectivity index (χ4n) is 8.52. The lowest BCUT2D eigenvalue weighted by Gasteiger charge is -2.34. The van der Waals surface area contributed by atoms with Gasteiger partial charge in [-0.05, 0) is 98.9 Å². The molecule has 5 aliphatic heterocycles. The fraction of sp³-hybridized carbons (Fsp3) is 0.629. The van der Waals surface area contributed by atoms with Gasteiger partial charge in [-0.1, -0.05) is 25.4 Å². The first-order chi connectivity index (χ1) is 22.6. The first kappa shape index (κ1) is 30.4. The molecule has 1 aromatic carbocycles. The van der Waals surface area contributed by atoms with Gasteiger partial charge < -0.3 is 25.0 Å². The summed E-state index contributed by atoms with van der Waals surface area (Å²) in [5.74, 6) is 2.11. The number of hydrogen-bond donors (Lipinski definition) is 3. The van der Waals surface area contributed by atoms with E-state index in [1.807, 2.05) is 26.1 Å². The van der Waals surface area contributed by atoms with E-state index < -0.39 is 6.04 Å². The summed E-state index contributed by atoms with van der Waals surface area (Å²) < 4.78 is 29.8. The van der Waals surface area contributed by atoms with E-state index in [1.165, 1.54) is 0 Å². The van der Waals surface area contributed by atoms with Crippen LogP contribution in [0.5, 0.6) is 6.01 Å². The number of halogens is 2. The Morgan fingerprint density at radius 3 is 3.02 bits per heavy atom. The third-order valence-corrected chi connectivity index (χ3v) is 11.5. The minimum Gasteiger partial charge on any atom is -0.463 e. The van der Waals surface area contributed by atoms with Crippen LogP contribution in [0.4, 0.5) is 10.2 Å². The molecule has 2 aromatic heterocycles. The maximum atomic E-state index is 17.1. The second kappa shape index (κ2) is 12.3. The molecule has 4 fully saturated rings. The monoisotopic (exact) mass is 649 g/mol. The van der Waals surface area contributed by atoms with Gasteiger partial charge in [-0.3, -0.25) is 5.10 Å². The van der Waals surface area contributed by atoms with Crippen LogP contribution in [-0.2, 0) is 4.74 Å². The maximum Gasteiger partial charge on any atom is 0.319 e. The number of nitrogens with one attached hydrogen (secondary N) is 3. The number of hydrogen-bond acceptors (Lipinski definition) is 8. The Morgan fingerprint density at radius 1 is 1.20 bits per heavy atom. The Balaban J connectivity index is 0.00000153. The molecule has 10 rings (SSSR count). The summed E-state index contributed by atoms with van der Waals surface area (Å²) in [4.78, 5) is 12.1. The van der Waals surface area contributed by atoms with E-state index in [-0.39, 0.29) is 23.2 Å². The van der Waals surface area contributed by atoms with E-state index in [2.05, 4.69) is 25.7 Å². The van der Waals surface area contributed by atoms with Crippen molar-refractivity contribution in [2.24, 2.45) is 23.2 Å². The first-order valence-electron chi connectivity index (χ1n) is 17.4. The van der Waals surface area contributed by atoms with Gasteiger partial charge in [0.2, 0.25) is 0 Å². The molecule has 3 N–H and O–H groups in total. The van der Waals surface area contributed by atoms with Crippen LogP contribution in [0.1, 0.15) is 81.9 Å². The van der Waals surface area contributed by atoms with Gasteiger partial charge in [0.25, 0.3) is 0 Å². The van der Waals surface area contributed by atoms with E-state index in [1.54, 1.807) is 6.20 Å². The van der Waals surface area contributed by atoms with E-state index in [0.29, 0.717) is 46.6 Å². The SMILES string of the molecule is CC.FC1=c2nc(OCC34CCCNCC3C4)nc3c2=CNC1c1c(c(Cl)cc2[nH]ncc12)C1CC1COCCC1CCCN3C1. The summed E-state index contributed by atoms with van der Waals surface area (Å²) in [6, 6.07) is 1.44. The number of nitrogens with zero attached hydrogens (tertiary/aromatic N) is 4. The number of fused-ring (bicyclic) bond motifs is 6. The van der Waals surface area contributed by atoms with E-state index in [4.69, 9.17) is 31.0 Å². The van der Waals surface area contributed by atoms with Gasteiger partial charge in [-0.2, -0.15) is 15.1 Å². The maximum absolute atomic E-state index is 17.1. The number of rotatable bonds is 3. The molecule has 2 aliphatic carbocycles. The molecule has 2 saturated carbocycles. The van der Waals surface area contributed by atoms with Gasteiger partial charge >= 0.3 is 6.01 Å². The van der Waals surface area contributed by atoms with E-state index in [9.17, 15) is 0 Å².